The second-order valence-corrected chi connectivity index (χ2v) is 14.5. The lowest BCUT2D eigenvalue weighted by Crippen LogP contribution is -2.34. The highest BCUT2D eigenvalue weighted by molar-refractivity contribution is 6.15. The molecule has 4 nitrogen and oxygen atoms in total. The van der Waals surface area contributed by atoms with Gasteiger partial charge in [-0.1, -0.05) is 146 Å². The van der Waals surface area contributed by atoms with Crippen LogP contribution in [-0.2, 0) is 0 Å². The number of aromatic nitrogens is 2. The third kappa shape index (κ3) is 5.34. The number of para-hydroxylation sites is 3. The molecule has 0 fully saturated rings. The summed E-state index contributed by atoms with van der Waals surface area (Å²) < 4.78 is 4.65. The zero-order valence-electron chi connectivity index (χ0n) is 30.5. The molecule has 1 atom stereocenters. The van der Waals surface area contributed by atoms with Crippen molar-refractivity contribution in [3.05, 3.63) is 212 Å². The maximum absolute atomic E-state index is 4.96. The number of rotatable bonds is 5. The molecule has 1 aliphatic heterocycles. The minimum absolute atomic E-state index is 0.0465. The summed E-state index contributed by atoms with van der Waals surface area (Å²) in [6.07, 6.45) is 4.08. The fourth-order valence-corrected chi connectivity index (χ4v) is 8.52. The molecular formula is C52H36N4. The quantitative estimate of drug-likeness (QED) is 0.189. The molecule has 1 unspecified atom stereocenters. The molecule has 8 aromatic carbocycles. The van der Waals surface area contributed by atoms with E-state index in [9.17, 15) is 0 Å². The third-order valence-corrected chi connectivity index (χ3v) is 11.2. The van der Waals surface area contributed by atoms with Crippen LogP contribution in [0.25, 0.3) is 82.7 Å². The molecule has 0 spiro atoms. The van der Waals surface area contributed by atoms with E-state index in [0.29, 0.717) is 0 Å². The second-order valence-electron chi connectivity index (χ2n) is 14.5. The van der Waals surface area contributed by atoms with Crippen LogP contribution >= 0.6 is 0 Å². The standard InChI is InChI=1S/C52H36N4/c1-3-12-35(13-4-1)36-22-24-37(25-23-36)38-14-11-15-41(32-38)47-30-31-53-52(54-47)56-49-21-10-7-18-43(49)45-28-26-40(34-51(45)56)39-27-29-50-46(33-39)44-19-8-9-20-48(44)55(50)42-16-5-2-6-17-42/h1-34,47H,(H,53,54). The van der Waals surface area contributed by atoms with E-state index in [-0.39, 0.29) is 6.04 Å². The predicted molar refractivity (Wildman–Crippen MR) is 234 cm³/mol. The molecule has 4 heteroatoms. The van der Waals surface area contributed by atoms with Crippen molar-refractivity contribution in [2.45, 2.75) is 6.04 Å². The van der Waals surface area contributed by atoms with Crippen LogP contribution in [0.4, 0.5) is 0 Å². The van der Waals surface area contributed by atoms with Gasteiger partial charge in [-0.25, -0.2) is 4.99 Å². The molecule has 0 saturated heterocycles. The first kappa shape index (κ1) is 32.0. The topological polar surface area (TPSA) is 34.2 Å². The molecule has 0 saturated carbocycles. The normalized spacial score (nSPS) is 14.1. The summed E-state index contributed by atoms with van der Waals surface area (Å²) in [6.45, 7) is 0. The largest absolute Gasteiger partial charge is 0.345 e. The van der Waals surface area contributed by atoms with Crippen LogP contribution in [0.1, 0.15) is 11.6 Å². The lowest BCUT2D eigenvalue weighted by Gasteiger charge is -2.23. The van der Waals surface area contributed by atoms with E-state index in [0.717, 1.165) is 28.2 Å². The van der Waals surface area contributed by atoms with Gasteiger partial charge in [0.25, 0.3) is 0 Å². The van der Waals surface area contributed by atoms with Gasteiger partial charge in [-0.3, -0.25) is 4.57 Å². The number of benzene rings is 8. The number of nitrogens with one attached hydrogen (secondary N) is 1. The van der Waals surface area contributed by atoms with Crippen molar-refractivity contribution in [3.8, 4) is 39.1 Å². The third-order valence-electron chi connectivity index (χ3n) is 11.2. The zero-order chi connectivity index (χ0) is 37.0. The molecular weight excluding hydrogens is 681 g/mol. The Morgan fingerprint density at radius 1 is 0.375 bits per heavy atom. The number of hydrogen-bond acceptors (Lipinski definition) is 2. The van der Waals surface area contributed by atoms with Gasteiger partial charge < -0.3 is 9.88 Å². The molecule has 0 amide bonds. The molecule has 11 rings (SSSR count). The van der Waals surface area contributed by atoms with E-state index in [1.54, 1.807) is 0 Å². The molecule has 0 radical (unpaired) electrons. The molecule has 3 heterocycles. The summed E-state index contributed by atoms with van der Waals surface area (Å²) in [5.41, 5.74) is 14.1. The van der Waals surface area contributed by atoms with Crippen LogP contribution < -0.4 is 5.32 Å². The summed E-state index contributed by atoms with van der Waals surface area (Å²) in [5.74, 6) is 0.805. The van der Waals surface area contributed by atoms with E-state index in [2.05, 4.69) is 215 Å². The molecule has 56 heavy (non-hydrogen) atoms. The highest BCUT2D eigenvalue weighted by atomic mass is 15.2. The number of fused-ring (bicyclic) bond motifs is 6. The first-order valence-electron chi connectivity index (χ1n) is 19.2. The molecule has 264 valence electrons. The molecule has 1 N–H and O–H groups in total. The number of hydrogen-bond donors (Lipinski definition) is 1. The Morgan fingerprint density at radius 3 is 1.70 bits per heavy atom. The fraction of sp³-hybridized carbons (Fsp3) is 0.0192. The van der Waals surface area contributed by atoms with Gasteiger partial charge in [0.1, 0.15) is 0 Å². The Kier molecular flexibility index (Phi) is 7.52. The van der Waals surface area contributed by atoms with Crippen LogP contribution in [0, 0.1) is 0 Å². The van der Waals surface area contributed by atoms with Crippen molar-refractivity contribution in [2.24, 2.45) is 4.99 Å². The average molecular weight is 717 g/mol. The number of aliphatic imine (C=N–C) groups is 1. The minimum Gasteiger partial charge on any atom is -0.345 e. The highest BCUT2D eigenvalue weighted by Gasteiger charge is 2.21. The Morgan fingerprint density at radius 2 is 0.911 bits per heavy atom. The van der Waals surface area contributed by atoms with E-state index in [1.807, 2.05) is 6.20 Å². The maximum atomic E-state index is 4.96. The predicted octanol–water partition coefficient (Wildman–Crippen LogP) is 13.0. The van der Waals surface area contributed by atoms with Gasteiger partial charge in [-0.2, -0.15) is 0 Å². The van der Waals surface area contributed by atoms with Gasteiger partial charge in [-0.05, 0) is 93.6 Å². The Balaban J connectivity index is 0.966. The smallest absolute Gasteiger partial charge is 0.208 e. The van der Waals surface area contributed by atoms with Crippen molar-refractivity contribution in [1.82, 2.24) is 14.5 Å². The van der Waals surface area contributed by atoms with E-state index >= 15 is 0 Å². The van der Waals surface area contributed by atoms with Gasteiger partial charge in [-0.15, -0.1) is 0 Å². The van der Waals surface area contributed by atoms with Gasteiger partial charge in [0.2, 0.25) is 5.96 Å². The Bertz CT molecular complexity index is 3150. The van der Waals surface area contributed by atoms with Crippen molar-refractivity contribution < 1.29 is 0 Å². The van der Waals surface area contributed by atoms with Gasteiger partial charge >= 0.3 is 0 Å². The van der Waals surface area contributed by atoms with Crippen LogP contribution in [0.3, 0.4) is 0 Å². The number of nitrogens with zero attached hydrogens (tertiary/aromatic N) is 3. The van der Waals surface area contributed by atoms with E-state index in [1.165, 1.54) is 66.0 Å². The minimum atomic E-state index is -0.0465. The fourth-order valence-electron chi connectivity index (χ4n) is 8.52. The SMILES string of the molecule is C1=CC(c2cccc(-c3ccc(-c4ccccc4)cc3)c2)NC(n2c3ccccc3c3ccc(-c4ccc5c(c4)c4ccccc4n5-c4ccccc4)cc32)=N1. The van der Waals surface area contributed by atoms with E-state index < -0.39 is 0 Å². The molecule has 2 aromatic heterocycles. The molecule has 0 bridgehead atoms. The van der Waals surface area contributed by atoms with Crippen molar-refractivity contribution in [2.75, 3.05) is 0 Å². The maximum Gasteiger partial charge on any atom is 0.208 e. The molecule has 10 aromatic rings. The highest BCUT2D eigenvalue weighted by Crippen LogP contribution is 2.38. The molecule has 0 aliphatic carbocycles. The van der Waals surface area contributed by atoms with Crippen LogP contribution in [0.2, 0.25) is 0 Å². The van der Waals surface area contributed by atoms with Gasteiger partial charge in [0.05, 0.1) is 28.1 Å². The van der Waals surface area contributed by atoms with Crippen molar-refractivity contribution in [1.29, 1.82) is 0 Å². The second kappa shape index (κ2) is 13.2. The lowest BCUT2D eigenvalue weighted by molar-refractivity contribution is 0.756. The summed E-state index contributed by atoms with van der Waals surface area (Å²) in [6, 6.07) is 69.8. The van der Waals surface area contributed by atoms with Crippen molar-refractivity contribution >= 4 is 49.6 Å². The van der Waals surface area contributed by atoms with E-state index in [4.69, 9.17) is 4.99 Å². The van der Waals surface area contributed by atoms with Crippen LogP contribution in [0.5, 0.6) is 0 Å². The Hall–Kier alpha value is -7.43. The summed E-state index contributed by atoms with van der Waals surface area (Å²) in [5, 5.41) is 8.69. The van der Waals surface area contributed by atoms with Crippen molar-refractivity contribution in [3.63, 3.8) is 0 Å². The lowest BCUT2D eigenvalue weighted by atomic mass is 9.97. The first-order valence-corrected chi connectivity index (χ1v) is 19.2. The van der Waals surface area contributed by atoms with Gasteiger partial charge in [0.15, 0.2) is 0 Å². The zero-order valence-corrected chi connectivity index (χ0v) is 30.5. The van der Waals surface area contributed by atoms with Crippen LogP contribution in [-0.4, -0.2) is 15.1 Å². The monoisotopic (exact) mass is 716 g/mol. The van der Waals surface area contributed by atoms with Gasteiger partial charge in [0, 0.05) is 33.4 Å². The summed E-state index contributed by atoms with van der Waals surface area (Å²) >= 11 is 0. The summed E-state index contributed by atoms with van der Waals surface area (Å²) in [7, 11) is 0. The average Bonchev–Trinajstić information content (AvgIpc) is 3.79. The first-order chi connectivity index (χ1) is 27.8. The summed E-state index contributed by atoms with van der Waals surface area (Å²) in [4.78, 5) is 4.96. The Labute approximate surface area is 324 Å². The van der Waals surface area contributed by atoms with Crippen LogP contribution in [0.15, 0.2) is 211 Å². The molecule has 1 aliphatic rings.